The summed E-state index contributed by atoms with van der Waals surface area (Å²) >= 11 is 0. The molecule has 0 N–H and O–H groups in total. The van der Waals surface area contributed by atoms with Gasteiger partial charge in [0.2, 0.25) is 0 Å². The number of nitriles is 1. The van der Waals surface area contributed by atoms with Gasteiger partial charge in [-0.05, 0) is 25.2 Å². The van der Waals surface area contributed by atoms with Gasteiger partial charge >= 0.3 is 0 Å². The lowest BCUT2D eigenvalue weighted by Crippen LogP contribution is -2.08. The first-order chi connectivity index (χ1) is 8.31. The lowest BCUT2D eigenvalue weighted by atomic mass is 10.0. The van der Waals surface area contributed by atoms with Crippen LogP contribution in [-0.4, -0.2) is 15.0 Å². The van der Waals surface area contributed by atoms with Gasteiger partial charge < -0.3 is 0 Å². The van der Waals surface area contributed by atoms with E-state index in [1.165, 1.54) is 37.8 Å². The first kappa shape index (κ1) is 10.8. The van der Waals surface area contributed by atoms with Crippen LogP contribution in [0.4, 0.5) is 0 Å². The fourth-order valence-corrected chi connectivity index (χ4v) is 3.04. The summed E-state index contributed by atoms with van der Waals surface area (Å²) in [6.07, 6.45) is 6.73. The molecule has 2 aliphatic rings. The van der Waals surface area contributed by atoms with Crippen LogP contribution in [0.3, 0.4) is 0 Å². The van der Waals surface area contributed by atoms with Gasteiger partial charge in [-0.1, -0.05) is 25.0 Å². The Labute approximate surface area is 102 Å². The third-order valence-electron chi connectivity index (χ3n) is 4.17. The summed E-state index contributed by atoms with van der Waals surface area (Å²) in [7, 11) is 0. The Morgan fingerprint density at radius 1 is 1.41 bits per heavy atom. The molecule has 17 heavy (non-hydrogen) atoms. The van der Waals surface area contributed by atoms with Crippen LogP contribution in [0.15, 0.2) is 0 Å². The van der Waals surface area contributed by atoms with Gasteiger partial charge in [0, 0.05) is 5.92 Å². The summed E-state index contributed by atoms with van der Waals surface area (Å²) in [5, 5.41) is 17.4. The van der Waals surface area contributed by atoms with Crippen LogP contribution in [0.25, 0.3) is 0 Å². The zero-order valence-corrected chi connectivity index (χ0v) is 10.3. The quantitative estimate of drug-likeness (QED) is 0.802. The van der Waals surface area contributed by atoms with Crippen LogP contribution in [0.2, 0.25) is 0 Å². The molecule has 2 unspecified atom stereocenters. The third-order valence-corrected chi connectivity index (χ3v) is 4.17. The summed E-state index contributed by atoms with van der Waals surface area (Å²) in [5.41, 5.74) is 2.21. The highest BCUT2D eigenvalue weighted by atomic mass is 15.5. The van der Waals surface area contributed by atoms with Gasteiger partial charge in [-0.2, -0.15) is 5.26 Å². The molecular formula is C13H18N4. The highest BCUT2D eigenvalue weighted by molar-refractivity contribution is 5.21. The second-order valence-electron chi connectivity index (χ2n) is 5.46. The van der Waals surface area contributed by atoms with Crippen molar-refractivity contribution in [3.8, 4) is 6.07 Å². The molecule has 2 fully saturated rings. The molecule has 0 spiro atoms. The van der Waals surface area contributed by atoms with E-state index in [0.717, 1.165) is 11.6 Å². The Morgan fingerprint density at radius 2 is 2.12 bits per heavy atom. The highest BCUT2D eigenvalue weighted by Gasteiger charge is 2.39. The third kappa shape index (κ3) is 1.84. The summed E-state index contributed by atoms with van der Waals surface area (Å²) in [4.78, 5) is 0. The van der Waals surface area contributed by atoms with Crippen molar-refractivity contribution >= 4 is 0 Å². The van der Waals surface area contributed by atoms with Crippen molar-refractivity contribution in [2.75, 3.05) is 0 Å². The van der Waals surface area contributed by atoms with Crippen LogP contribution in [0, 0.1) is 17.2 Å². The smallest absolute Gasteiger partial charge is 0.100 e. The van der Waals surface area contributed by atoms with Crippen molar-refractivity contribution in [2.45, 2.75) is 57.4 Å². The SMILES string of the molecule is CC1CC1n1nnc(CC#N)c1C1CCCC1. The average Bonchev–Trinajstić information content (AvgIpc) is 2.77. The monoisotopic (exact) mass is 230 g/mol. The second-order valence-corrected chi connectivity index (χ2v) is 5.46. The second kappa shape index (κ2) is 4.14. The maximum atomic E-state index is 8.88. The maximum Gasteiger partial charge on any atom is 0.100 e. The summed E-state index contributed by atoms with van der Waals surface area (Å²) in [6, 6.07) is 2.76. The molecular weight excluding hydrogens is 212 g/mol. The molecule has 0 amide bonds. The van der Waals surface area contributed by atoms with Crippen LogP contribution in [0.1, 0.15) is 62.4 Å². The normalized spacial score (nSPS) is 28.2. The zero-order chi connectivity index (χ0) is 11.8. The minimum absolute atomic E-state index is 0.410. The van der Waals surface area contributed by atoms with Crippen LogP contribution >= 0.6 is 0 Å². The lowest BCUT2D eigenvalue weighted by Gasteiger charge is -2.12. The minimum Gasteiger partial charge on any atom is -0.245 e. The number of aromatic nitrogens is 3. The standard InChI is InChI=1S/C13H18N4/c1-9-8-12(9)17-13(10-4-2-3-5-10)11(6-7-14)15-16-17/h9-10,12H,2-6,8H2,1H3. The van der Waals surface area contributed by atoms with E-state index in [2.05, 4.69) is 28.0 Å². The van der Waals surface area contributed by atoms with E-state index in [0.29, 0.717) is 18.4 Å². The fraction of sp³-hybridized carbons (Fsp3) is 0.769. The number of rotatable bonds is 3. The van der Waals surface area contributed by atoms with E-state index < -0.39 is 0 Å². The summed E-state index contributed by atoms with van der Waals surface area (Å²) < 4.78 is 2.13. The maximum absolute atomic E-state index is 8.88. The molecule has 0 aromatic carbocycles. The molecule has 1 aromatic rings. The van der Waals surface area contributed by atoms with Gasteiger partial charge in [-0.15, -0.1) is 5.10 Å². The first-order valence-electron chi connectivity index (χ1n) is 6.62. The number of hydrogen-bond donors (Lipinski definition) is 0. The van der Waals surface area contributed by atoms with Gasteiger partial charge in [0.15, 0.2) is 0 Å². The Balaban J connectivity index is 1.95. The van der Waals surface area contributed by atoms with Crippen LogP contribution < -0.4 is 0 Å². The fourth-order valence-electron chi connectivity index (χ4n) is 3.04. The number of hydrogen-bond acceptors (Lipinski definition) is 3. The zero-order valence-electron chi connectivity index (χ0n) is 10.3. The molecule has 3 rings (SSSR count). The first-order valence-corrected chi connectivity index (χ1v) is 6.62. The van der Waals surface area contributed by atoms with E-state index in [1.54, 1.807) is 0 Å². The van der Waals surface area contributed by atoms with E-state index in [4.69, 9.17) is 5.26 Å². The van der Waals surface area contributed by atoms with E-state index in [9.17, 15) is 0 Å². The van der Waals surface area contributed by atoms with Gasteiger partial charge in [0.1, 0.15) is 5.69 Å². The molecule has 90 valence electrons. The Kier molecular flexibility index (Phi) is 2.62. The molecule has 0 aliphatic heterocycles. The van der Waals surface area contributed by atoms with E-state index >= 15 is 0 Å². The van der Waals surface area contributed by atoms with Gasteiger partial charge in [-0.3, -0.25) is 0 Å². The van der Waals surface area contributed by atoms with Crippen molar-refractivity contribution in [3.63, 3.8) is 0 Å². The summed E-state index contributed by atoms with van der Waals surface area (Å²) in [6.45, 7) is 2.26. The molecule has 2 atom stereocenters. The molecule has 0 saturated heterocycles. The summed E-state index contributed by atoms with van der Waals surface area (Å²) in [5.74, 6) is 1.33. The Morgan fingerprint density at radius 3 is 2.71 bits per heavy atom. The van der Waals surface area contributed by atoms with Crippen LogP contribution in [0.5, 0.6) is 0 Å². The van der Waals surface area contributed by atoms with Gasteiger partial charge in [0.05, 0.1) is 24.2 Å². The predicted octanol–water partition coefficient (Wildman–Crippen LogP) is 2.58. The minimum atomic E-state index is 0.410. The molecule has 4 nitrogen and oxygen atoms in total. The average molecular weight is 230 g/mol. The molecule has 2 aliphatic carbocycles. The molecule has 0 bridgehead atoms. The van der Waals surface area contributed by atoms with Crippen LogP contribution in [-0.2, 0) is 6.42 Å². The van der Waals surface area contributed by atoms with Crippen molar-refractivity contribution in [1.29, 1.82) is 5.26 Å². The molecule has 1 heterocycles. The van der Waals surface area contributed by atoms with Gasteiger partial charge in [0.25, 0.3) is 0 Å². The van der Waals surface area contributed by atoms with Gasteiger partial charge in [-0.25, -0.2) is 4.68 Å². The predicted molar refractivity (Wildman–Crippen MR) is 63.4 cm³/mol. The topological polar surface area (TPSA) is 54.5 Å². The van der Waals surface area contributed by atoms with Crippen molar-refractivity contribution in [2.24, 2.45) is 5.92 Å². The molecule has 1 aromatic heterocycles. The van der Waals surface area contributed by atoms with Crippen molar-refractivity contribution in [3.05, 3.63) is 11.4 Å². The highest BCUT2D eigenvalue weighted by Crippen LogP contribution is 2.46. The number of nitrogens with zero attached hydrogens (tertiary/aromatic N) is 4. The molecule has 2 saturated carbocycles. The largest absolute Gasteiger partial charge is 0.245 e. The molecule has 4 heteroatoms. The van der Waals surface area contributed by atoms with E-state index in [1.807, 2.05) is 0 Å². The lowest BCUT2D eigenvalue weighted by molar-refractivity contribution is 0.524. The van der Waals surface area contributed by atoms with Crippen molar-refractivity contribution in [1.82, 2.24) is 15.0 Å². The Bertz CT molecular complexity index is 450. The van der Waals surface area contributed by atoms with E-state index in [-0.39, 0.29) is 0 Å². The molecule has 0 radical (unpaired) electrons. The Hall–Kier alpha value is -1.37. The van der Waals surface area contributed by atoms with Crippen molar-refractivity contribution < 1.29 is 0 Å².